The maximum absolute atomic E-state index is 10.8. The molecule has 3 nitrogen and oxygen atoms in total. The van der Waals surface area contributed by atoms with Gasteiger partial charge in [-0.15, -0.1) is 0 Å². The van der Waals surface area contributed by atoms with Gasteiger partial charge in [-0.2, -0.15) is 0 Å². The van der Waals surface area contributed by atoms with E-state index in [1.165, 1.54) is 0 Å². The minimum Gasteiger partial charge on any atom is -0.377 e. The van der Waals surface area contributed by atoms with E-state index >= 15 is 0 Å². The predicted molar refractivity (Wildman–Crippen MR) is 61.5 cm³/mol. The van der Waals surface area contributed by atoms with E-state index in [2.05, 4.69) is 4.98 Å². The molecular weight excluding hydrogens is 188 g/mol. The van der Waals surface area contributed by atoms with Gasteiger partial charge >= 0.3 is 0 Å². The Morgan fingerprint density at radius 3 is 2.67 bits per heavy atom. The molecule has 0 unspecified atom stereocenters. The van der Waals surface area contributed by atoms with Crippen LogP contribution >= 0.6 is 0 Å². The molecule has 3 heteroatoms. The summed E-state index contributed by atoms with van der Waals surface area (Å²) >= 11 is 0. The van der Waals surface area contributed by atoms with Crippen molar-refractivity contribution in [2.75, 3.05) is 19.0 Å². The van der Waals surface area contributed by atoms with E-state index in [0.29, 0.717) is 5.69 Å². The van der Waals surface area contributed by atoms with Crippen molar-refractivity contribution in [2.24, 2.45) is 0 Å². The Kier molecular flexibility index (Phi) is 2.37. The molecule has 0 aliphatic carbocycles. The highest BCUT2D eigenvalue weighted by molar-refractivity contribution is 6.02. The number of hydrogen-bond acceptors (Lipinski definition) is 3. The van der Waals surface area contributed by atoms with Gasteiger partial charge in [0.05, 0.1) is 0 Å². The first-order valence-corrected chi connectivity index (χ1v) is 4.74. The molecule has 15 heavy (non-hydrogen) atoms. The van der Waals surface area contributed by atoms with E-state index in [9.17, 15) is 4.79 Å². The highest BCUT2D eigenvalue weighted by Crippen LogP contribution is 2.25. The number of pyridine rings is 1. The highest BCUT2D eigenvalue weighted by Gasteiger charge is 2.05. The Bertz CT molecular complexity index is 506. The molecule has 1 aromatic carbocycles. The van der Waals surface area contributed by atoms with Crippen LogP contribution in [0.5, 0.6) is 0 Å². The number of carbonyl (C=O) groups is 1. The number of carbonyl (C=O) groups excluding carboxylic acids is 1. The first-order valence-electron chi connectivity index (χ1n) is 4.74. The number of fused-ring (bicyclic) bond motifs is 1. The molecule has 0 bridgehead atoms. The van der Waals surface area contributed by atoms with E-state index in [-0.39, 0.29) is 0 Å². The molecule has 2 rings (SSSR count). The lowest BCUT2D eigenvalue weighted by atomic mass is 10.1. The molecule has 0 atom stereocenters. The SMILES string of the molecule is CN(C)c1cccc2c(C=O)nccc12. The molecular formula is C12H12N2O. The summed E-state index contributed by atoms with van der Waals surface area (Å²) in [6.45, 7) is 0. The number of rotatable bonds is 2. The van der Waals surface area contributed by atoms with Gasteiger partial charge in [-0.05, 0) is 12.1 Å². The zero-order valence-electron chi connectivity index (χ0n) is 8.77. The second-order valence-corrected chi connectivity index (χ2v) is 3.58. The molecule has 0 aliphatic rings. The standard InChI is InChI=1S/C12H12N2O/c1-14(2)12-5-3-4-9-10(12)6-7-13-11(9)8-15/h3-8H,1-2H3. The average molecular weight is 200 g/mol. The average Bonchev–Trinajstić information content (AvgIpc) is 2.27. The van der Waals surface area contributed by atoms with Gasteiger partial charge in [-0.3, -0.25) is 9.78 Å². The maximum Gasteiger partial charge on any atom is 0.169 e. The van der Waals surface area contributed by atoms with Crippen molar-refractivity contribution < 1.29 is 4.79 Å². The molecule has 0 N–H and O–H groups in total. The smallest absolute Gasteiger partial charge is 0.169 e. The van der Waals surface area contributed by atoms with Crippen LogP contribution in [0.4, 0.5) is 5.69 Å². The summed E-state index contributed by atoms with van der Waals surface area (Å²) in [5.41, 5.74) is 1.59. The summed E-state index contributed by atoms with van der Waals surface area (Å²) in [6, 6.07) is 7.81. The van der Waals surface area contributed by atoms with Crippen LogP contribution in [-0.4, -0.2) is 25.4 Å². The van der Waals surface area contributed by atoms with E-state index in [1.54, 1.807) is 6.20 Å². The largest absolute Gasteiger partial charge is 0.377 e. The minimum absolute atomic E-state index is 0.496. The fourth-order valence-electron chi connectivity index (χ4n) is 1.70. The zero-order chi connectivity index (χ0) is 10.8. The van der Waals surface area contributed by atoms with Gasteiger partial charge in [0, 0.05) is 36.8 Å². The van der Waals surface area contributed by atoms with Gasteiger partial charge < -0.3 is 4.90 Å². The van der Waals surface area contributed by atoms with Crippen LogP contribution < -0.4 is 4.90 Å². The first-order chi connectivity index (χ1) is 7.24. The molecule has 0 fully saturated rings. The summed E-state index contributed by atoms with van der Waals surface area (Å²) in [6.07, 6.45) is 2.46. The van der Waals surface area contributed by atoms with E-state index in [0.717, 1.165) is 22.7 Å². The second-order valence-electron chi connectivity index (χ2n) is 3.58. The van der Waals surface area contributed by atoms with Crippen LogP contribution in [0.2, 0.25) is 0 Å². The molecule has 2 aromatic rings. The number of benzene rings is 1. The molecule has 0 saturated carbocycles. The molecule has 1 aromatic heterocycles. The Hall–Kier alpha value is -1.90. The number of aldehydes is 1. The van der Waals surface area contributed by atoms with Crippen LogP contribution in [0.25, 0.3) is 10.8 Å². The third-order valence-electron chi connectivity index (χ3n) is 2.41. The van der Waals surface area contributed by atoms with Crippen LogP contribution in [0.1, 0.15) is 10.5 Å². The van der Waals surface area contributed by atoms with Gasteiger partial charge in [0.1, 0.15) is 5.69 Å². The number of aromatic nitrogens is 1. The Balaban J connectivity index is 2.82. The lowest BCUT2D eigenvalue weighted by molar-refractivity contribution is 0.112. The molecule has 0 amide bonds. The Morgan fingerprint density at radius 1 is 1.20 bits per heavy atom. The van der Waals surface area contributed by atoms with Gasteiger partial charge in [0.25, 0.3) is 0 Å². The maximum atomic E-state index is 10.8. The van der Waals surface area contributed by atoms with Crippen LogP contribution in [0.15, 0.2) is 30.5 Å². The Labute approximate surface area is 88.3 Å². The van der Waals surface area contributed by atoms with Gasteiger partial charge in [-0.1, -0.05) is 12.1 Å². The molecule has 0 spiro atoms. The van der Waals surface area contributed by atoms with Gasteiger partial charge in [0.2, 0.25) is 0 Å². The molecule has 76 valence electrons. The number of anilines is 1. The lowest BCUT2D eigenvalue weighted by Gasteiger charge is -2.15. The summed E-state index contributed by atoms with van der Waals surface area (Å²) < 4.78 is 0. The van der Waals surface area contributed by atoms with E-state index in [1.807, 2.05) is 43.3 Å². The van der Waals surface area contributed by atoms with Crippen molar-refractivity contribution >= 4 is 22.7 Å². The predicted octanol–water partition coefficient (Wildman–Crippen LogP) is 2.11. The van der Waals surface area contributed by atoms with Crippen molar-refractivity contribution in [3.63, 3.8) is 0 Å². The van der Waals surface area contributed by atoms with Crippen molar-refractivity contribution in [3.05, 3.63) is 36.2 Å². The third kappa shape index (κ3) is 1.56. The summed E-state index contributed by atoms with van der Waals surface area (Å²) in [5.74, 6) is 0. The topological polar surface area (TPSA) is 33.2 Å². The lowest BCUT2D eigenvalue weighted by Crippen LogP contribution is -2.09. The van der Waals surface area contributed by atoms with Gasteiger partial charge in [-0.25, -0.2) is 0 Å². The monoisotopic (exact) mass is 200 g/mol. The second kappa shape index (κ2) is 3.69. The van der Waals surface area contributed by atoms with E-state index in [4.69, 9.17) is 0 Å². The van der Waals surface area contributed by atoms with Crippen LogP contribution in [0, 0.1) is 0 Å². The summed E-state index contributed by atoms with van der Waals surface area (Å²) in [7, 11) is 3.96. The summed E-state index contributed by atoms with van der Waals surface area (Å²) in [4.78, 5) is 16.9. The summed E-state index contributed by atoms with van der Waals surface area (Å²) in [5, 5.41) is 1.96. The normalized spacial score (nSPS) is 10.3. The third-order valence-corrected chi connectivity index (χ3v) is 2.41. The van der Waals surface area contributed by atoms with Crippen molar-refractivity contribution in [2.45, 2.75) is 0 Å². The molecule has 0 aliphatic heterocycles. The first kappa shape index (κ1) is 9.65. The number of hydrogen-bond donors (Lipinski definition) is 0. The van der Waals surface area contributed by atoms with Gasteiger partial charge in [0.15, 0.2) is 6.29 Å². The fraction of sp³-hybridized carbons (Fsp3) is 0.167. The fourth-order valence-corrected chi connectivity index (χ4v) is 1.70. The molecule has 0 saturated heterocycles. The van der Waals surface area contributed by atoms with E-state index < -0.39 is 0 Å². The quantitative estimate of drug-likeness (QED) is 0.696. The van der Waals surface area contributed by atoms with Crippen molar-refractivity contribution in [1.82, 2.24) is 4.98 Å². The molecule has 0 radical (unpaired) electrons. The zero-order valence-corrected chi connectivity index (χ0v) is 8.77. The minimum atomic E-state index is 0.496. The Morgan fingerprint density at radius 2 is 2.00 bits per heavy atom. The van der Waals surface area contributed by atoms with Crippen LogP contribution in [-0.2, 0) is 0 Å². The number of nitrogens with zero attached hydrogens (tertiary/aromatic N) is 2. The van der Waals surface area contributed by atoms with Crippen LogP contribution in [0.3, 0.4) is 0 Å². The highest BCUT2D eigenvalue weighted by atomic mass is 16.1. The van der Waals surface area contributed by atoms with Crippen molar-refractivity contribution in [1.29, 1.82) is 0 Å². The molecule has 1 heterocycles. The van der Waals surface area contributed by atoms with Crippen molar-refractivity contribution in [3.8, 4) is 0 Å².